The average molecular weight is 289 g/mol. The maximum absolute atomic E-state index is 12.1. The zero-order valence-electron chi connectivity index (χ0n) is 12.2. The second-order valence-electron chi connectivity index (χ2n) is 4.85. The van der Waals surface area contributed by atoms with Crippen molar-refractivity contribution in [1.82, 2.24) is 10.2 Å². The fraction of sp³-hybridized carbons (Fsp3) is 0.400. The summed E-state index contributed by atoms with van der Waals surface area (Å²) >= 11 is 0. The molecule has 1 aliphatic rings. The van der Waals surface area contributed by atoms with E-state index in [0.29, 0.717) is 0 Å². The molecule has 1 fully saturated rings. The molecule has 4 amide bonds. The molecule has 1 aromatic rings. The summed E-state index contributed by atoms with van der Waals surface area (Å²) in [6.45, 7) is 3.73. The van der Waals surface area contributed by atoms with Crippen LogP contribution in [0.1, 0.15) is 25.0 Å². The molecular weight excluding hydrogens is 270 g/mol. The molecule has 0 unspecified atom stereocenters. The van der Waals surface area contributed by atoms with E-state index in [0.717, 1.165) is 34.6 Å². The van der Waals surface area contributed by atoms with Crippen LogP contribution in [0.15, 0.2) is 18.2 Å². The highest BCUT2D eigenvalue weighted by molar-refractivity contribution is 6.06. The Balaban J connectivity index is 2.13. The zero-order valence-corrected chi connectivity index (χ0v) is 12.2. The highest BCUT2D eigenvalue weighted by atomic mass is 16.2. The number of hydrogen-bond donors (Lipinski definition) is 2. The summed E-state index contributed by atoms with van der Waals surface area (Å²) in [7, 11) is 0. The monoisotopic (exact) mass is 289 g/mol. The minimum absolute atomic E-state index is 0.0438. The highest BCUT2D eigenvalue weighted by Crippen LogP contribution is 2.22. The van der Waals surface area contributed by atoms with E-state index in [1.165, 1.54) is 0 Å². The van der Waals surface area contributed by atoms with E-state index in [-0.39, 0.29) is 24.9 Å². The number of aryl methyl sites for hydroxylation is 2. The van der Waals surface area contributed by atoms with Gasteiger partial charge in [-0.05, 0) is 24.0 Å². The molecule has 0 saturated carbocycles. The van der Waals surface area contributed by atoms with Gasteiger partial charge in [0.2, 0.25) is 5.91 Å². The number of carbonyl (C=O) groups is 3. The lowest BCUT2D eigenvalue weighted by molar-refractivity contribution is -0.128. The fourth-order valence-electron chi connectivity index (χ4n) is 2.34. The predicted molar refractivity (Wildman–Crippen MR) is 78.9 cm³/mol. The predicted octanol–water partition coefficient (Wildman–Crippen LogP) is 1.30. The number of urea groups is 1. The van der Waals surface area contributed by atoms with Crippen molar-refractivity contribution >= 4 is 23.5 Å². The molecule has 0 atom stereocenters. The number of imide groups is 1. The van der Waals surface area contributed by atoms with Crippen LogP contribution in [0.5, 0.6) is 0 Å². The van der Waals surface area contributed by atoms with Crippen LogP contribution < -0.4 is 10.6 Å². The van der Waals surface area contributed by atoms with Gasteiger partial charge >= 0.3 is 6.03 Å². The van der Waals surface area contributed by atoms with Crippen molar-refractivity contribution in [3.05, 3.63) is 29.3 Å². The molecule has 6 heteroatoms. The third kappa shape index (κ3) is 3.21. The molecule has 0 bridgehead atoms. The van der Waals surface area contributed by atoms with Gasteiger partial charge in [-0.25, -0.2) is 4.79 Å². The highest BCUT2D eigenvalue weighted by Gasteiger charge is 2.30. The maximum Gasteiger partial charge on any atom is 0.325 e. The van der Waals surface area contributed by atoms with Crippen LogP contribution in [-0.2, 0) is 22.4 Å². The summed E-state index contributed by atoms with van der Waals surface area (Å²) in [6, 6.07) is 5.37. The number of carbonyl (C=O) groups excluding carboxylic acids is 3. The van der Waals surface area contributed by atoms with Gasteiger partial charge in [-0.1, -0.05) is 32.0 Å². The number of para-hydroxylation sites is 1. The average Bonchev–Trinajstić information content (AvgIpc) is 2.79. The van der Waals surface area contributed by atoms with E-state index in [4.69, 9.17) is 0 Å². The molecule has 0 radical (unpaired) electrons. The van der Waals surface area contributed by atoms with Crippen molar-refractivity contribution in [1.29, 1.82) is 0 Å². The number of benzene rings is 1. The van der Waals surface area contributed by atoms with E-state index in [9.17, 15) is 14.4 Å². The molecule has 21 heavy (non-hydrogen) atoms. The molecule has 0 spiro atoms. The van der Waals surface area contributed by atoms with Gasteiger partial charge in [-0.15, -0.1) is 0 Å². The number of amides is 4. The van der Waals surface area contributed by atoms with Crippen molar-refractivity contribution in [3.63, 3.8) is 0 Å². The van der Waals surface area contributed by atoms with E-state index < -0.39 is 6.03 Å². The van der Waals surface area contributed by atoms with Crippen LogP contribution in [0.3, 0.4) is 0 Å². The summed E-state index contributed by atoms with van der Waals surface area (Å²) in [5, 5.41) is 5.23. The summed E-state index contributed by atoms with van der Waals surface area (Å²) < 4.78 is 0. The van der Waals surface area contributed by atoms with Crippen molar-refractivity contribution in [2.45, 2.75) is 26.7 Å². The summed E-state index contributed by atoms with van der Waals surface area (Å²) in [5.74, 6) is -0.745. The molecule has 1 saturated heterocycles. The summed E-state index contributed by atoms with van der Waals surface area (Å²) in [6.07, 6.45) is 1.60. The molecule has 1 aromatic carbocycles. The van der Waals surface area contributed by atoms with Gasteiger partial charge in [-0.3, -0.25) is 14.5 Å². The van der Waals surface area contributed by atoms with Crippen LogP contribution in [-0.4, -0.2) is 35.8 Å². The topological polar surface area (TPSA) is 78.5 Å². The third-order valence-electron chi connectivity index (χ3n) is 3.50. The Labute approximate surface area is 123 Å². The normalized spacial score (nSPS) is 14.3. The fourth-order valence-corrected chi connectivity index (χ4v) is 2.34. The van der Waals surface area contributed by atoms with E-state index in [1.54, 1.807) is 0 Å². The number of nitrogens with zero attached hydrogens (tertiary/aromatic N) is 1. The van der Waals surface area contributed by atoms with Crippen LogP contribution in [0, 0.1) is 0 Å². The van der Waals surface area contributed by atoms with Crippen molar-refractivity contribution < 1.29 is 14.4 Å². The van der Waals surface area contributed by atoms with E-state index in [2.05, 4.69) is 10.6 Å². The number of hydrogen-bond acceptors (Lipinski definition) is 3. The summed E-state index contributed by atoms with van der Waals surface area (Å²) in [5.41, 5.74) is 2.87. The molecule has 1 heterocycles. The molecule has 2 N–H and O–H groups in total. The number of rotatable bonds is 5. The lowest BCUT2D eigenvalue weighted by Gasteiger charge is -2.16. The quantitative estimate of drug-likeness (QED) is 0.802. The second kappa shape index (κ2) is 6.39. The van der Waals surface area contributed by atoms with Crippen LogP contribution >= 0.6 is 0 Å². The van der Waals surface area contributed by atoms with E-state index >= 15 is 0 Å². The van der Waals surface area contributed by atoms with Gasteiger partial charge in [0.05, 0.1) is 6.54 Å². The first-order valence-corrected chi connectivity index (χ1v) is 7.05. The Morgan fingerprint density at radius 1 is 1.24 bits per heavy atom. The Bertz CT molecular complexity index is 545. The van der Waals surface area contributed by atoms with Gasteiger partial charge in [0.15, 0.2) is 0 Å². The molecule has 112 valence electrons. The van der Waals surface area contributed by atoms with Gasteiger partial charge in [0.1, 0.15) is 6.54 Å². The smallest absolute Gasteiger partial charge is 0.325 e. The van der Waals surface area contributed by atoms with Crippen molar-refractivity contribution in [2.75, 3.05) is 18.4 Å². The first-order valence-electron chi connectivity index (χ1n) is 7.05. The standard InChI is InChI=1S/C15H19N3O3/c1-3-10-6-5-7-11(4-2)14(10)17-12(19)9-18-13(20)8-16-15(18)21/h5-7H,3-4,8-9H2,1-2H3,(H,16,21)(H,17,19). The second-order valence-corrected chi connectivity index (χ2v) is 4.85. The van der Waals surface area contributed by atoms with Crippen LogP contribution in [0.25, 0.3) is 0 Å². The van der Waals surface area contributed by atoms with Gasteiger partial charge in [0, 0.05) is 5.69 Å². The molecule has 2 rings (SSSR count). The van der Waals surface area contributed by atoms with Crippen molar-refractivity contribution in [2.24, 2.45) is 0 Å². The maximum atomic E-state index is 12.1. The lowest BCUT2D eigenvalue weighted by atomic mass is 10.0. The Kier molecular flexibility index (Phi) is 4.57. The first-order chi connectivity index (χ1) is 10.1. The molecule has 6 nitrogen and oxygen atoms in total. The molecule has 0 aromatic heterocycles. The molecular formula is C15H19N3O3. The number of anilines is 1. The Morgan fingerprint density at radius 3 is 2.33 bits per heavy atom. The third-order valence-corrected chi connectivity index (χ3v) is 3.50. The minimum Gasteiger partial charge on any atom is -0.329 e. The van der Waals surface area contributed by atoms with E-state index in [1.807, 2.05) is 32.0 Å². The molecule has 1 aliphatic heterocycles. The van der Waals surface area contributed by atoms with Crippen LogP contribution in [0.2, 0.25) is 0 Å². The summed E-state index contributed by atoms with van der Waals surface area (Å²) in [4.78, 5) is 36.0. The van der Waals surface area contributed by atoms with Crippen LogP contribution in [0.4, 0.5) is 10.5 Å². The first kappa shape index (κ1) is 15.0. The SMILES string of the molecule is CCc1cccc(CC)c1NC(=O)CN1C(=O)CNC1=O. The molecule has 0 aliphatic carbocycles. The van der Waals surface area contributed by atoms with Gasteiger partial charge < -0.3 is 10.6 Å². The number of nitrogens with one attached hydrogen (secondary N) is 2. The van der Waals surface area contributed by atoms with Gasteiger partial charge in [-0.2, -0.15) is 0 Å². The Morgan fingerprint density at radius 2 is 1.86 bits per heavy atom. The Hall–Kier alpha value is -2.37. The van der Waals surface area contributed by atoms with Gasteiger partial charge in [0.25, 0.3) is 5.91 Å². The lowest BCUT2D eigenvalue weighted by Crippen LogP contribution is -2.38. The largest absolute Gasteiger partial charge is 0.329 e. The zero-order chi connectivity index (χ0) is 15.4. The van der Waals surface area contributed by atoms with Crippen molar-refractivity contribution in [3.8, 4) is 0 Å². The minimum atomic E-state index is -0.519.